The normalized spacial score (nSPS) is 28.6. The van der Waals surface area contributed by atoms with Crippen LogP contribution >= 0.6 is 0 Å². The van der Waals surface area contributed by atoms with Crippen molar-refractivity contribution in [3.05, 3.63) is 0 Å². The molecule has 4 rings (SSSR count). The highest BCUT2D eigenvalue weighted by Crippen LogP contribution is 2.61. The number of ether oxygens (including phenoxy) is 3. The summed E-state index contributed by atoms with van der Waals surface area (Å²) < 4.78 is 140. The van der Waals surface area contributed by atoms with Crippen LogP contribution in [0.1, 0.15) is 58.3 Å². The fraction of sp³-hybridized carbons (Fsp3) is 0.864. The Balaban J connectivity index is 1.84. The van der Waals surface area contributed by atoms with E-state index in [0.717, 1.165) is 26.2 Å². The molecule has 9 nitrogen and oxygen atoms in total. The zero-order valence-electron chi connectivity index (χ0n) is 20.6. The molecular weight excluding hydrogens is 573 g/mol. The minimum atomic E-state index is -6.60. The molecule has 4 bridgehead atoms. The molecule has 0 aromatic rings. The van der Waals surface area contributed by atoms with Crippen molar-refractivity contribution in [1.82, 2.24) is 0 Å². The molecule has 0 aromatic heterocycles. The van der Waals surface area contributed by atoms with Gasteiger partial charge >= 0.3 is 45.2 Å². The van der Waals surface area contributed by atoms with Gasteiger partial charge in [0, 0.05) is 6.42 Å². The maximum absolute atomic E-state index is 14.3. The molecule has 0 amide bonds. The topological polar surface area (TPSA) is 133 Å². The largest absolute Gasteiger partial charge is 0.468 e. The summed E-state index contributed by atoms with van der Waals surface area (Å²) in [5, 5.41) is -5.98. The summed E-state index contributed by atoms with van der Waals surface area (Å²) in [7, 11) is -6.60. The third-order valence-corrected chi connectivity index (χ3v) is 8.39. The third-order valence-electron chi connectivity index (χ3n) is 7.45. The Morgan fingerprint density at radius 1 is 0.923 bits per heavy atom. The highest BCUT2D eigenvalue weighted by atomic mass is 32.2. The molecule has 0 saturated heterocycles. The van der Waals surface area contributed by atoms with E-state index in [4.69, 9.17) is 9.29 Å². The Kier molecular flexibility index (Phi) is 8.43. The maximum atomic E-state index is 14.3. The van der Waals surface area contributed by atoms with Crippen LogP contribution in [-0.4, -0.2) is 67.0 Å². The smallest absolute Gasteiger partial charge is 0.453 e. The Morgan fingerprint density at radius 3 is 1.82 bits per heavy atom. The Bertz CT molecular complexity index is 1050. The molecule has 0 heterocycles. The molecule has 0 radical (unpaired) electrons. The van der Waals surface area contributed by atoms with Gasteiger partial charge < -0.3 is 14.2 Å². The van der Waals surface area contributed by atoms with Gasteiger partial charge in [-0.05, 0) is 69.6 Å². The van der Waals surface area contributed by atoms with E-state index in [1.165, 1.54) is 0 Å². The lowest BCUT2D eigenvalue weighted by atomic mass is 9.49. The molecule has 1 unspecified atom stereocenters. The van der Waals surface area contributed by atoms with Crippen LogP contribution in [0.15, 0.2) is 0 Å². The zero-order chi connectivity index (χ0) is 29.7. The fourth-order valence-corrected chi connectivity index (χ4v) is 6.57. The van der Waals surface area contributed by atoms with Crippen LogP contribution in [-0.2, 0) is 38.7 Å². The molecule has 0 spiro atoms. The van der Waals surface area contributed by atoms with E-state index in [2.05, 4.69) is 9.47 Å². The van der Waals surface area contributed by atoms with Gasteiger partial charge in [-0.25, -0.2) is 4.79 Å². The molecule has 0 aromatic carbocycles. The van der Waals surface area contributed by atoms with Gasteiger partial charge in [-0.15, -0.1) is 0 Å². The summed E-state index contributed by atoms with van der Waals surface area (Å²) in [4.78, 5) is 37.0. The maximum Gasteiger partial charge on any atom is 0.468 e. The molecule has 224 valence electrons. The van der Waals surface area contributed by atoms with Crippen molar-refractivity contribution in [2.75, 3.05) is 13.2 Å². The molecule has 1 N–H and O–H groups in total. The van der Waals surface area contributed by atoms with Crippen LogP contribution in [0.5, 0.6) is 0 Å². The quantitative estimate of drug-likeness (QED) is 0.116. The van der Waals surface area contributed by atoms with Crippen molar-refractivity contribution in [1.29, 1.82) is 0 Å². The minimum absolute atomic E-state index is 0.0568. The van der Waals surface area contributed by atoms with E-state index in [1.807, 2.05) is 0 Å². The van der Waals surface area contributed by atoms with E-state index < -0.39 is 82.5 Å². The van der Waals surface area contributed by atoms with E-state index >= 15 is 0 Å². The summed E-state index contributed by atoms with van der Waals surface area (Å²) in [6.07, 6.45) is -6.44. The first-order chi connectivity index (χ1) is 17.7. The molecule has 4 aliphatic rings. The Morgan fingerprint density at radius 2 is 1.41 bits per heavy atom. The Labute approximate surface area is 218 Å². The van der Waals surface area contributed by atoms with E-state index in [9.17, 15) is 53.5 Å². The van der Waals surface area contributed by atoms with Crippen molar-refractivity contribution in [3.8, 4) is 0 Å². The van der Waals surface area contributed by atoms with Crippen LogP contribution in [0.4, 0.5) is 30.7 Å². The first-order valence-electron chi connectivity index (χ1n) is 12.0. The molecular formula is C22H27F7O9S. The molecule has 1 atom stereocenters. The summed E-state index contributed by atoms with van der Waals surface area (Å²) >= 11 is 0. The number of halogens is 7. The predicted octanol–water partition coefficient (Wildman–Crippen LogP) is 4.05. The minimum Gasteiger partial charge on any atom is -0.453 e. The number of hydrogen-bond acceptors (Lipinski definition) is 8. The van der Waals surface area contributed by atoms with Gasteiger partial charge in [-0.3, -0.25) is 14.1 Å². The number of carbonyl (C=O) groups is 3. The van der Waals surface area contributed by atoms with Gasteiger partial charge in [0.1, 0.15) is 6.61 Å². The van der Waals surface area contributed by atoms with Crippen LogP contribution in [0, 0.1) is 23.2 Å². The average Bonchev–Trinajstić information content (AvgIpc) is 2.76. The fourth-order valence-electron chi connectivity index (χ4n) is 6.09. The molecule has 39 heavy (non-hydrogen) atoms. The van der Waals surface area contributed by atoms with Crippen molar-refractivity contribution in [2.24, 2.45) is 23.2 Å². The van der Waals surface area contributed by atoms with E-state index in [1.54, 1.807) is 0 Å². The van der Waals surface area contributed by atoms with Gasteiger partial charge in [-0.1, -0.05) is 0 Å². The SMILES string of the molecule is CC(=O)COC(=O)C(OCCCC(F)(F)C(F)(F)S(=O)(=O)O)(OC(=O)C12CC3CC(CC(C3)C1)C2)C(F)(F)F. The van der Waals surface area contributed by atoms with Crippen LogP contribution in [0.3, 0.4) is 0 Å². The number of Topliss-reactive ketones (excluding diaryl/α,β-unsaturated/α-hetero) is 1. The predicted molar refractivity (Wildman–Crippen MR) is 114 cm³/mol. The number of carbonyl (C=O) groups excluding carboxylic acids is 3. The number of ketones is 1. The third kappa shape index (κ3) is 6.04. The summed E-state index contributed by atoms with van der Waals surface area (Å²) in [6.45, 7) is -1.89. The number of esters is 2. The first kappa shape index (κ1) is 31.5. The van der Waals surface area contributed by atoms with Gasteiger partial charge in [-0.2, -0.15) is 39.2 Å². The van der Waals surface area contributed by atoms with E-state index in [-0.39, 0.29) is 37.0 Å². The van der Waals surface area contributed by atoms with Crippen LogP contribution in [0.25, 0.3) is 0 Å². The van der Waals surface area contributed by atoms with E-state index in [0.29, 0.717) is 0 Å². The van der Waals surface area contributed by atoms with Crippen molar-refractivity contribution < 1.29 is 72.3 Å². The second-order valence-corrected chi connectivity index (χ2v) is 12.1. The number of rotatable bonds is 12. The van der Waals surface area contributed by atoms with Gasteiger partial charge in [0.05, 0.1) is 12.0 Å². The van der Waals surface area contributed by atoms with Gasteiger partial charge in [0.25, 0.3) is 0 Å². The van der Waals surface area contributed by atoms with Crippen molar-refractivity contribution >= 4 is 27.8 Å². The number of alkyl halides is 7. The first-order valence-corrected chi connectivity index (χ1v) is 13.4. The van der Waals surface area contributed by atoms with Gasteiger partial charge in [0.2, 0.25) is 0 Å². The molecule has 4 aliphatic carbocycles. The summed E-state index contributed by atoms with van der Waals surface area (Å²) in [5.74, 6) is -14.5. The highest BCUT2D eigenvalue weighted by Gasteiger charge is 2.70. The number of hydrogen-bond donors (Lipinski definition) is 1. The molecule has 4 saturated carbocycles. The van der Waals surface area contributed by atoms with Gasteiger partial charge in [0.15, 0.2) is 5.78 Å². The second kappa shape index (κ2) is 10.4. The van der Waals surface area contributed by atoms with Crippen molar-refractivity contribution in [3.63, 3.8) is 0 Å². The van der Waals surface area contributed by atoms with Crippen LogP contribution in [0.2, 0.25) is 0 Å². The van der Waals surface area contributed by atoms with Crippen LogP contribution < -0.4 is 0 Å². The zero-order valence-corrected chi connectivity index (χ0v) is 21.4. The highest BCUT2D eigenvalue weighted by molar-refractivity contribution is 7.87. The lowest BCUT2D eigenvalue weighted by Crippen LogP contribution is -2.61. The van der Waals surface area contributed by atoms with Crippen molar-refractivity contribution in [2.45, 2.75) is 81.4 Å². The molecule has 17 heteroatoms. The molecule has 0 aliphatic heterocycles. The lowest BCUT2D eigenvalue weighted by Gasteiger charge is -2.55. The Hall–Kier alpha value is -2.01. The monoisotopic (exact) mass is 600 g/mol. The average molecular weight is 601 g/mol. The standard InChI is InChI=1S/C22H27F7O9S/c1-12(30)11-36-17(32)20(21(25,26)27,37-4-2-3-19(23,24)22(28,29)39(33,34)35)38-16(31)18-8-13-5-14(9-18)7-15(6-13)10-18/h13-15H,2-11H2,1H3,(H,33,34,35). The summed E-state index contributed by atoms with van der Waals surface area (Å²) in [6, 6.07) is 0. The lowest BCUT2D eigenvalue weighted by molar-refractivity contribution is -0.359. The summed E-state index contributed by atoms with van der Waals surface area (Å²) in [5.41, 5.74) is -1.36. The second-order valence-electron chi connectivity index (χ2n) is 10.6. The molecule has 4 fully saturated rings.